The highest BCUT2D eigenvalue weighted by atomic mass is 79.9. The highest BCUT2D eigenvalue weighted by molar-refractivity contribution is 9.10. The molecule has 3 rings (SSSR count). The van der Waals surface area contributed by atoms with E-state index in [0.717, 1.165) is 42.4 Å². The molecule has 1 aliphatic rings. The zero-order valence-electron chi connectivity index (χ0n) is 16.8. The van der Waals surface area contributed by atoms with Crippen LogP contribution in [0.4, 0.5) is 0 Å². The molecule has 0 radical (unpaired) electrons. The molecule has 2 aromatic rings. The minimum absolute atomic E-state index is 0.130. The predicted octanol–water partition coefficient (Wildman–Crippen LogP) is 5.05. The van der Waals surface area contributed by atoms with Gasteiger partial charge in [-0.3, -0.25) is 9.48 Å². The van der Waals surface area contributed by atoms with Crippen LogP contribution in [0.25, 0.3) is 0 Å². The first kappa shape index (κ1) is 20.1. The molecular formula is C22H30BrN3O. The Hall–Kier alpha value is -1.62. The van der Waals surface area contributed by atoms with Gasteiger partial charge in [0.1, 0.15) is 0 Å². The Morgan fingerprint density at radius 1 is 1.33 bits per heavy atom. The van der Waals surface area contributed by atoms with Gasteiger partial charge in [-0.15, -0.1) is 0 Å². The Morgan fingerprint density at radius 3 is 2.67 bits per heavy atom. The number of rotatable bonds is 7. The summed E-state index contributed by atoms with van der Waals surface area (Å²) in [5, 5.41) is 8.00. The van der Waals surface area contributed by atoms with Crippen molar-refractivity contribution in [2.24, 2.45) is 5.92 Å². The number of hydrogen-bond acceptors (Lipinski definition) is 2. The van der Waals surface area contributed by atoms with Crippen LogP contribution in [0, 0.1) is 19.8 Å². The standard InChI is InChI=1S/C22H30BrN3O/c1-15(2)14-26-17(4)20(16(3)25-26)9-10-21(27)24-22(11-6-12-22)18-7-5-8-19(23)13-18/h5,7-8,13,15H,6,9-12,14H2,1-4H3,(H,24,27). The van der Waals surface area contributed by atoms with Crippen LogP contribution in [0.5, 0.6) is 0 Å². The van der Waals surface area contributed by atoms with Crippen molar-refractivity contribution in [1.29, 1.82) is 0 Å². The van der Waals surface area contributed by atoms with Crippen molar-refractivity contribution in [1.82, 2.24) is 15.1 Å². The maximum atomic E-state index is 12.7. The second kappa shape index (κ2) is 8.17. The number of carbonyl (C=O) groups excluding carboxylic acids is 1. The minimum Gasteiger partial charge on any atom is -0.347 e. The van der Waals surface area contributed by atoms with Gasteiger partial charge in [-0.1, -0.05) is 41.9 Å². The quantitative estimate of drug-likeness (QED) is 0.666. The van der Waals surface area contributed by atoms with Crippen molar-refractivity contribution >= 4 is 21.8 Å². The van der Waals surface area contributed by atoms with Crippen LogP contribution in [-0.2, 0) is 23.3 Å². The molecule has 0 aliphatic heterocycles. The van der Waals surface area contributed by atoms with Crippen LogP contribution < -0.4 is 5.32 Å². The van der Waals surface area contributed by atoms with E-state index in [1.54, 1.807) is 0 Å². The summed E-state index contributed by atoms with van der Waals surface area (Å²) in [7, 11) is 0. The maximum absolute atomic E-state index is 12.7. The Kier molecular flexibility index (Phi) is 6.09. The van der Waals surface area contributed by atoms with Crippen LogP contribution in [-0.4, -0.2) is 15.7 Å². The lowest BCUT2D eigenvalue weighted by molar-refractivity contribution is -0.124. The summed E-state index contributed by atoms with van der Waals surface area (Å²) in [6, 6.07) is 8.32. The van der Waals surface area contributed by atoms with E-state index >= 15 is 0 Å². The number of carbonyl (C=O) groups is 1. The van der Waals surface area contributed by atoms with Crippen molar-refractivity contribution in [3.8, 4) is 0 Å². The van der Waals surface area contributed by atoms with E-state index in [-0.39, 0.29) is 11.4 Å². The first-order valence-corrected chi connectivity index (χ1v) is 10.7. The maximum Gasteiger partial charge on any atom is 0.221 e. The number of aromatic nitrogens is 2. The number of hydrogen-bond donors (Lipinski definition) is 1. The molecule has 0 saturated heterocycles. The van der Waals surface area contributed by atoms with Crippen molar-refractivity contribution in [2.45, 2.75) is 71.9 Å². The molecule has 1 fully saturated rings. The average Bonchev–Trinajstić information content (AvgIpc) is 2.82. The number of nitrogens with one attached hydrogen (secondary N) is 1. The minimum atomic E-state index is -0.188. The van der Waals surface area contributed by atoms with Gasteiger partial charge in [0.2, 0.25) is 5.91 Å². The molecular weight excluding hydrogens is 402 g/mol. The normalized spacial score (nSPS) is 15.6. The van der Waals surface area contributed by atoms with E-state index in [1.807, 2.05) is 19.1 Å². The topological polar surface area (TPSA) is 46.9 Å². The predicted molar refractivity (Wildman–Crippen MR) is 113 cm³/mol. The SMILES string of the molecule is Cc1nn(CC(C)C)c(C)c1CCC(=O)NC1(c2cccc(Br)c2)CCC1. The number of benzene rings is 1. The Morgan fingerprint density at radius 2 is 2.07 bits per heavy atom. The van der Waals surface area contributed by atoms with Crippen LogP contribution >= 0.6 is 15.9 Å². The summed E-state index contributed by atoms with van der Waals surface area (Å²) in [4.78, 5) is 12.7. The summed E-state index contributed by atoms with van der Waals surface area (Å²) >= 11 is 3.55. The van der Waals surface area contributed by atoms with Crippen molar-refractivity contribution in [3.63, 3.8) is 0 Å². The molecule has 5 heteroatoms. The first-order valence-electron chi connectivity index (χ1n) is 9.91. The molecule has 0 unspecified atom stereocenters. The third-order valence-electron chi connectivity index (χ3n) is 5.63. The van der Waals surface area contributed by atoms with E-state index in [0.29, 0.717) is 12.3 Å². The highest BCUT2D eigenvalue weighted by Gasteiger charge is 2.39. The van der Waals surface area contributed by atoms with Crippen LogP contribution in [0.1, 0.15) is 62.0 Å². The Balaban J connectivity index is 1.65. The molecule has 1 aromatic carbocycles. The number of halogens is 1. The van der Waals surface area contributed by atoms with Crippen molar-refractivity contribution in [3.05, 3.63) is 51.3 Å². The van der Waals surface area contributed by atoms with E-state index in [2.05, 4.69) is 63.9 Å². The van der Waals surface area contributed by atoms with Crippen molar-refractivity contribution < 1.29 is 4.79 Å². The molecule has 1 N–H and O–H groups in total. The highest BCUT2D eigenvalue weighted by Crippen LogP contribution is 2.42. The van der Waals surface area contributed by atoms with Gasteiger partial charge in [-0.25, -0.2) is 0 Å². The number of amides is 1. The second-order valence-electron chi connectivity index (χ2n) is 8.22. The lowest BCUT2D eigenvalue weighted by Gasteiger charge is -2.43. The van der Waals surface area contributed by atoms with E-state index in [9.17, 15) is 4.79 Å². The smallest absolute Gasteiger partial charge is 0.221 e. The third-order valence-corrected chi connectivity index (χ3v) is 6.13. The van der Waals surface area contributed by atoms with Gasteiger partial charge in [-0.05, 0) is 68.7 Å². The van der Waals surface area contributed by atoms with Gasteiger partial charge in [0, 0.05) is 23.1 Å². The van der Waals surface area contributed by atoms with Gasteiger partial charge in [0.05, 0.1) is 11.2 Å². The largest absolute Gasteiger partial charge is 0.347 e. The van der Waals surface area contributed by atoms with E-state index in [4.69, 9.17) is 0 Å². The summed E-state index contributed by atoms with van der Waals surface area (Å²) in [6.45, 7) is 9.48. The summed E-state index contributed by atoms with van der Waals surface area (Å²) in [5.74, 6) is 0.688. The fourth-order valence-electron chi connectivity index (χ4n) is 3.99. The lowest BCUT2D eigenvalue weighted by Crippen LogP contribution is -2.50. The molecule has 4 nitrogen and oxygen atoms in total. The lowest BCUT2D eigenvalue weighted by atomic mass is 9.71. The zero-order valence-corrected chi connectivity index (χ0v) is 18.4. The molecule has 0 spiro atoms. The van der Waals surface area contributed by atoms with Crippen LogP contribution in [0.2, 0.25) is 0 Å². The fourth-order valence-corrected chi connectivity index (χ4v) is 4.39. The molecule has 1 amide bonds. The van der Waals surface area contributed by atoms with Gasteiger partial charge in [-0.2, -0.15) is 5.10 Å². The Labute approximate surface area is 170 Å². The number of nitrogens with zero attached hydrogens (tertiary/aromatic N) is 2. The molecule has 0 bridgehead atoms. The molecule has 146 valence electrons. The molecule has 1 heterocycles. The van der Waals surface area contributed by atoms with Crippen LogP contribution in [0.15, 0.2) is 28.7 Å². The van der Waals surface area contributed by atoms with E-state index in [1.165, 1.54) is 16.8 Å². The molecule has 0 atom stereocenters. The van der Waals surface area contributed by atoms with Gasteiger partial charge in [0.15, 0.2) is 0 Å². The second-order valence-corrected chi connectivity index (χ2v) is 9.14. The molecule has 1 saturated carbocycles. The van der Waals surface area contributed by atoms with Gasteiger partial charge in [0.25, 0.3) is 0 Å². The molecule has 1 aliphatic carbocycles. The monoisotopic (exact) mass is 431 g/mol. The number of aryl methyl sites for hydroxylation is 1. The van der Waals surface area contributed by atoms with E-state index < -0.39 is 0 Å². The van der Waals surface area contributed by atoms with Gasteiger partial charge >= 0.3 is 0 Å². The molecule has 1 aromatic heterocycles. The summed E-state index contributed by atoms with van der Waals surface area (Å²) in [5.41, 5.74) is 4.47. The van der Waals surface area contributed by atoms with Gasteiger partial charge < -0.3 is 5.32 Å². The van der Waals surface area contributed by atoms with Crippen LogP contribution in [0.3, 0.4) is 0 Å². The van der Waals surface area contributed by atoms with Crippen molar-refractivity contribution in [2.75, 3.05) is 0 Å². The average molecular weight is 432 g/mol. The third kappa shape index (κ3) is 4.45. The summed E-state index contributed by atoms with van der Waals surface area (Å²) in [6.07, 6.45) is 4.44. The fraction of sp³-hybridized carbons (Fsp3) is 0.545. The first-order chi connectivity index (χ1) is 12.8. The molecule has 27 heavy (non-hydrogen) atoms. The summed E-state index contributed by atoms with van der Waals surface area (Å²) < 4.78 is 3.15. The zero-order chi connectivity index (χ0) is 19.6. The Bertz CT molecular complexity index is 821.